The molecule has 1 heterocycles. The minimum absolute atomic E-state index is 0.286. The maximum atomic E-state index is 13.1. The first-order chi connectivity index (χ1) is 12.5. The van der Waals surface area contributed by atoms with Gasteiger partial charge in [-0.2, -0.15) is 0 Å². The van der Waals surface area contributed by atoms with E-state index in [1.807, 2.05) is 19.1 Å². The Bertz CT molecular complexity index is 876. The van der Waals surface area contributed by atoms with Crippen LogP contribution in [-0.4, -0.2) is 10.9 Å². The summed E-state index contributed by atoms with van der Waals surface area (Å²) in [5, 5.41) is 3.44. The molecule has 4 nitrogen and oxygen atoms in total. The molecule has 0 atom stereocenters. The van der Waals surface area contributed by atoms with Gasteiger partial charge in [0.2, 0.25) is 0 Å². The topological polar surface area (TPSA) is 45.5 Å². The zero-order valence-corrected chi connectivity index (χ0v) is 15.0. The van der Waals surface area contributed by atoms with Gasteiger partial charge in [-0.15, -0.1) is 0 Å². The molecule has 3 rings (SSSR count). The molecule has 0 spiro atoms. The number of nitrogens with one attached hydrogen (secondary N) is 1. The lowest BCUT2D eigenvalue weighted by Gasteiger charge is -2.22. The second-order valence-corrected chi connectivity index (χ2v) is 6.37. The third-order valence-corrected chi connectivity index (χ3v) is 4.06. The predicted molar refractivity (Wildman–Crippen MR) is 99.6 cm³/mol. The molecule has 134 valence electrons. The fourth-order valence-corrected chi connectivity index (χ4v) is 2.63. The number of hydrogen-bond donors (Lipinski definition) is 1. The van der Waals surface area contributed by atoms with E-state index >= 15 is 0 Å². The van der Waals surface area contributed by atoms with Crippen LogP contribution in [0.3, 0.4) is 0 Å². The van der Waals surface area contributed by atoms with Crippen molar-refractivity contribution < 1.29 is 13.6 Å². The summed E-state index contributed by atoms with van der Waals surface area (Å²) in [6, 6.07) is 16.3. The van der Waals surface area contributed by atoms with Crippen LogP contribution in [0.5, 0.6) is 0 Å². The van der Waals surface area contributed by atoms with E-state index in [1.165, 1.54) is 12.1 Å². The molecule has 26 heavy (non-hydrogen) atoms. The van der Waals surface area contributed by atoms with E-state index in [0.717, 1.165) is 11.3 Å². The Balaban J connectivity index is 1.77. The van der Waals surface area contributed by atoms with Gasteiger partial charge < -0.3 is 14.6 Å². The van der Waals surface area contributed by atoms with Gasteiger partial charge in [0.1, 0.15) is 17.3 Å². The number of urea groups is 1. The molecule has 0 radical (unpaired) electrons. The van der Waals surface area contributed by atoms with Gasteiger partial charge in [-0.3, -0.25) is 0 Å². The van der Waals surface area contributed by atoms with E-state index < -0.39 is 0 Å². The van der Waals surface area contributed by atoms with Crippen molar-refractivity contribution in [3.8, 4) is 0 Å². The molecule has 0 fully saturated rings. The highest BCUT2D eigenvalue weighted by atomic mass is 35.5. The predicted octanol–water partition coefficient (Wildman–Crippen LogP) is 5.61. The van der Waals surface area contributed by atoms with E-state index in [0.29, 0.717) is 29.6 Å². The van der Waals surface area contributed by atoms with Gasteiger partial charge in [-0.25, -0.2) is 9.18 Å². The van der Waals surface area contributed by atoms with Crippen molar-refractivity contribution in [2.24, 2.45) is 0 Å². The maximum absolute atomic E-state index is 13.1. The minimum Gasteiger partial charge on any atom is -0.464 e. The number of carbonyl (C=O) groups excluding carboxylic acids is 1. The summed E-state index contributed by atoms with van der Waals surface area (Å²) in [4.78, 5) is 14.3. The monoisotopic (exact) mass is 372 g/mol. The smallest absolute Gasteiger partial charge is 0.322 e. The van der Waals surface area contributed by atoms with Crippen LogP contribution in [0.4, 0.5) is 14.9 Å². The zero-order chi connectivity index (χ0) is 18.5. The number of furan rings is 1. The standard InChI is InChI=1S/C20H18ClFN2O2/c1-14-2-11-19(26-14)13-24(12-15-3-7-17(22)8-4-15)20(25)23-18-9-5-16(21)6-10-18/h2-11H,12-13H2,1H3,(H,23,25). The number of rotatable bonds is 5. The molecule has 0 unspecified atom stereocenters. The summed E-state index contributed by atoms with van der Waals surface area (Å²) < 4.78 is 18.7. The van der Waals surface area contributed by atoms with Gasteiger partial charge in [0.15, 0.2) is 0 Å². The highest BCUT2D eigenvalue weighted by Crippen LogP contribution is 2.17. The Morgan fingerprint density at radius 3 is 2.35 bits per heavy atom. The fraction of sp³-hybridized carbons (Fsp3) is 0.150. The normalized spacial score (nSPS) is 10.6. The van der Waals surface area contributed by atoms with Crippen LogP contribution in [0, 0.1) is 12.7 Å². The van der Waals surface area contributed by atoms with Gasteiger partial charge >= 0.3 is 6.03 Å². The van der Waals surface area contributed by atoms with Crippen molar-refractivity contribution in [2.45, 2.75) is 20.0 Å². The number of hydrogen-bond acceptors (Lipinski definition) is 2. The maximum Gasteiger partial charge on any atom is 0.322 e. The summed E-state index contributed by atoms with van der Waals surface area (Å²) in [7, 11) is 0. The van der Waals surface area contributed by atoms with Gasteiger partial charge in [0.05, 0.1) is 6.54 Å². The highest BCUT2D eigenvalue weighted by molar-refractivity contribution is 6.30. The summed E-state index contributed by atoms with van der Waals surface area (Å²) in [5.74, 6) is 1.14. The van der Waals surface area contributed by atoms with Crippen molar-refractivity contribution >= 4 is 23.3 Å². The van der Waals surface area contributed by atoms with Gasteiger partial charge in [-0.05, 0) is 61.0 Å². The number of carbonyl (C=O) groups is 1. The quantitative estimate of drug-likeness (QED) is 0.632. The van der Waals surface area contributed by atoms with Gasteiger partial charge in [0.25, 0.3) is 0 Å². The average molecular weight is 373 g/mol. The second-order valence-electron chi connectivity index (χ2n) is 5.93. The van der Waals surface area contributed by atoms with Gasteiger partial charge in [-0.1, -0.05) is 23.7 Å². The molecule has 2 aromatic carbocycles. The largest absolute Gasteiger partial charge is 0.464 e. The van der Waals surface area contributed by atoms with E-state index in [-0.39, 0.29) is 11.8 Å². The molecule has 1 N–H and O–H groups in total. The Labute approximate surface area is 156 Å². The van der Waals surface area contributed by atoms with E-state index in [9.17, 15) is 9.18 Å². The molecular formula is C20H18ClFN2O2. The molecule has 0 aliphatic heterocycles. The lowest BCUT2D eigenvalue weighted by Crippen LogP contribution is -2.34. The van der Waals surface area contributed by atoms with Crippen LogP contribution in [0.2, 0.25) is 5.02 Å². The summed E-state index contributed by atoms with van der Waals surface area (Å²) in [6.07, 6.45) is 0. The number of benzene rings is 2. The molecule has 0 bridgehead atoms. The van der Waals surface area contributed by atoms with E-state index in [4.69, 9.17) is 16.0 Å². The Kier molecular flexibility index (Phi) is 5.58. The van der Waals surface area contributed by atoms with Crippen molar-refractivity contribution in [2.75, 3.05) is 5.32 Å². The number of aryl methyl sites for hydroxylation is 1. The molecule has 0 saturated carbocycles. The number of anilines is 1. The molecule has 0 aliphatic rings. The molecule has 2 amide bonds. The van der Waals surface area contributed by atoms with Crippen molar-refractivity contribution in [3.05, 3.63) is 88.6 Å². The van der Waals surface area contributed by atoms with Gasteiger partial charge in [0, 0.05) is 17.3 Å². The SMILES string of the molecule is Cc1ccc(CN(Cc2ccc(F)cc2)C(=O)Nc2ccc(Cl)cc2)o1. The first kappa shape index (κ1) is 18.0. The van der Waals surface area contributed by atoms with Crippen molar-refractivity contribution in [1.29, 1.82) is 0 Å². The summed E-state index contributed by atoms with van der Waals surface area (Å²) in [6.45, 7) is 2.46. The lowest BCUT2D eigenvalue weighted by atomic mass is 10.2. The first-order valence-electron chi connectivity index (χ1n) is 8.11. The molecule has 0 saturated heterocycles. The van der Waals surface area contributed by atoms with Crippen LogP contribution in [-0.2, 0) is 13.1 Å². The van der Waals surface area contributed by atoms with Crippen molar-refractivity contribution in [3.63, 3.8) is 0 Å². The summed E-state index contributed by atoms with van der Waals surface area (Å²) >= 11 is 5.87. The average Bonchev–Trinajstić information content (AvgIpc) is 3.03. The zero-order valence-electron chi connectivity index (χ0n) is 14.2. The Hall–Kier alpha value is -2.79. The highest BCUT2D eigenvalue weighted by Gasteiger charge is 2.17. The molecular weight excluding hydrogens is 355 g/mol. The second kappa shape index (κ2) is 8.06. The van der Waals surface area contributed by atoms with Crippen LogP contribution in [0.1, 0.15) is 17.1 Å². The minimum atomic E-state index is -0.312. The van der Waals surface area contributed by atoms with E-state index in [1.54, 1.807) is 41.3 Å². The van der Waals surface area contributed by atoms with Crippen LogP contribution < -0.4 is 5.32 Å². The first-order valence-corrected chi connectivity index (χ1v) is 8.48. The van der Waals surface area contributed by atoms with Crippen molar-refractivity contribution in [1.82, 2.24) is 4.90 Å². The third-order valence-electron chi connectivity index (χ3n) is 3.81. The molecule has 1 aromatic heterocycles. The molecule has 6 heteroatoms. The lowest BCUT2D eigenvalue weighted by molar-refractivity contribution is 0.201. The van der Waals surface area contributed by atoms with E-state index in [2.05, 4.69) is 5.32 Å². The molecule has 3 aromatic rings. The Morgan fingerprint density at radius 1 is 1.04 bits per heavy atom. The van der Waals surface area contributed by atoms with Crippen LogP contribution in [0.15, 0.2) is 65.1 Å². The fourth-order valence-electron chi connectivity index (χ4n) is 2.50. The number of halogens is 2. The van der Waals surface area contributed by atoms with Crippen LogP contribution in [0.25, 0.3) is 0 Å². The number of nitrogens with zero attached hydrogens (tertiary/aromatic N) is 1. The molecule has 0 aliphatic carbocycles. The third kappa shape index (κ3) is 4.86. The number of amides is 2. The Morgan fingerprint density at radius 2 is 1.73 bits per heavy atom. The summed E-state index contributed by atoms with van der Waals surface area (Å²) in [5.41, 5.74) is 1.46. The van der Waals surface area contributed by atoms with Crippen LogP contribution >= 0.6 is 11.6 Å².